The molecule has 0 radical (unpaired) electrons. The number of amides is 1. The van der Waals surface area contributed by atoms with Crippen LogP contribution < -0.4 is 20.3 Å². The maximum absolute atomic E-state index is 13.1. The van der Waals surface area contributed by atoms with Crippen LogP contribution in [-0.4, -0.2) is 32.8 Å². The van der Waals surface area contributed by atoms with Gasteiger partial charge in [-0.1, -0.05) is 46.5 Å². The van der Waals surface area contributed by atoms with Crippen LogP contribution in [0.25, 0.3) is 11.1 Å². The Morgan fingerprint density at radius 3 is 2.68 bits per heavy atom. The topological polar surface area (TPSA) is 108 Å². The highest BCUT2D eigenvalue weighted by atomic mass is 35.5. The molecule has 11 heteroatoms. The average Bonchev–Trinajstić information content (AvgIpc) is 3.27. The van der Waals surface area contributed by atoms with Crippen molar-refractivity contribution in [2.24, 2.45) is 7.05 Å². The maximum Gasteiger partial charge on any atom is 0.296 e. The van der Waals surface area contributed by atoms with E-state index in [1.54, 1.807) is 19.3 Å². The van der Waals surface area contributed by atoms with Gasteiger partial charge in [0.2, 0.25) is 5.13 Å². The summed E-state index contributed by atoms with van der Waals surface area (Å²) in [4.78, 5) is 29.4. The summed E-state index contributed by atoms with van der Waals surface area (Å²) in [7, 11) is 3.07. The van der Waals surface area contributed by atoms with E-state index in [-0.39, 0.29) is 21.4 Å². The van der Waals surface area contributed by atoms with Crippen LogP contribution in [-0.2, 0) is 13.7 Å². The molecule has 4 aromatic rings. The van der Waals surface area contributed by atoms with E-state index in [1.807, 2.05) is 31.2 Å². The fourth-order valence-corrected chi connectivity index (χ4v) is 3.88. The number of methoxy groups -OCH3 is 1. The fourth-order valence-electron chi connectivity index (χ4n) is 3.14. The molecule has 0 saturated heterocycles. The monoisotopic (exact) mass is 497 g/mol. The van der Waals surface area contributed by atoms with Gasteiger partial charge < -0.3 is 14.0 Å². The minimum atomic E-state index is -0.538. The Hall–Kier alpha value is -3.76. The summed E-state index contributed by atoms with van der Waals surface area (Å²) in [6.45, 7) is 2.34. The molecule has 174 valence electrons. The molecule has 4 rings (SSSR count). The van der Waals surface area contributed by atoms with Gasteiger partial charge in [-0.2, -0.15) is 0 Å². The minimum Gasteiger partial charge on any atom is -0.494 e. The minimum absolute atomic E-state index is 0.126. The predicted octanol–water partition coefficient (Wildman–Crippen LogP) is 4.10. The number of aromatic nitrogens is 4. The van der Waals surface area contributed by atoms with Crippen LogP contribution in [0.3, 0.4) is 0 Å². The van der Waals surface area contributed by atoms with E-state index in [1.165, 1.54) is 23.9 Å². The number of carbonyl (C=O) groups is 1. The van der Waals surface area contributed by atoms with Gasteiger partial charge in [-0.25, -0.2) is 4.98 Å². The predicted molar refractivity (Wildman–Crippen MR) is 130 cm³/mol. The molecule has 0 aliphatic carbocycles. The van der Waals surface area contributed by atoms with Crippen LogP contribution in [0.15, 0.2) is 53.6 Å². The number of hydrogen-bond donors (Lipinski definition) is 1. The van der Waals surface area contributed by atoms with Gasteiger partial charge in [0.05, 0.1) is 18.9 Å². The van der Waals surface area contributed by atoms with E-state index >= 15 is 0 Å². The number of carbonyl (C=O) groups excluding carboxylic acids is 1. The number of rotatable bonds is 7. The first-order chi connectivity index (χ1) is 16.3. The first kappa shape index (κ1) is 23.4. The third-order valence-corrected chi connectivity index (χ3v) is 5.88. The second-order valence-electron chi connectivity index (χ2n) is 7.36. The standard InChI is InChI=1S/C23H20ClN5O4S/c1-13-4-6-14(7-5-13)12-33-23-28-27-22(34-23)26-21(31)16-9-20(30)29(2)11-17(16)15-8-19(24)25-10-18(15)32-3/h4-11H,12H2,1-3H3,(H,26,27,31). The molecule has 1 aromatic carbocycles. The number of anilines is 1. The first-order valence-corrected chi connectivity index (χ1v) is 11.3. The van der Waals surface area contributed by atoms with E-state index in [0.717, 1.165) is 22.5 Å². The van der Waals surface area contributed by atoms with Gasteiger partial charge in [-0.15, -0.1) is 5.10 Å². The normalized spacial score (nSPS) is 10.7. The Morgan fingerprint density at radius 1 is 1.18 bits per heavy atom. The number of aryl methyl sites for hydroxylation is 2. The van der Waals surface area contributed by atoms with Crippen molar-refractivity contribution >= 4 is 34.0 Å². The lowest BCUT2D eigenvalue weighted by atomic mass is 10.0. The quantitative estimate of drug-likeness (QED) is 0.383. The molecule has 9 nitrogen and oxygen atoms in total. The SMILES string of the molecule is COc1cnc(Cl)cc1-c1cn(C)c(=O)cc1C(=O)Nc1nnc(OCc2ccc(C)cc2)s1. The summed E-state index contributed by atoms with van der Waals surface area (Å²) in [6.07, 6.45) is 2.99. The van der Waals surface area contributed by atoms with Crippen molar-refractivity contribution in [3.05, 3.63) is 81.0 Å². The van der Waals surface area contributed by atoms with Gasteiger partial charge in [0.1, 0.15) is 17.5 Å². The van der Waals surface area contributed by atoms with Gasteiger partial charge in [-0.05, 0) is 29.9 Å². The van der Waals surface area contributed by atoms with Crippen LogP contribution in [0.2, 0.25) is 5.15 Å². The molecule has 0 bridgehead atoms. The average molecular weight is 498 g/mol. The van der Waals surface area contributed by atoms with Crippen molar-refractivity contribution in [3.8, 4) is 22.1 Å². The molecule has 0 fully saturated rings. The molecular formula is C23H20ClN5O4S. The fraction of sp³-hybridized carbons (Fsp3) is 0.174. The Kier molecular flexibility index (Phi) is 6.90. The van der Waals surface area contributed by atoms with Crippen LogP contribution in [0.5, 0.6) is 10.9 Å². The van der Waals surface area contributed by atoms with Crippen molar-refractivity contribution in [1.29, 1.82) is 0 Å². The number of ether oxygens (including phenoxy) is 2. The summed E-state index contributed by atoms with van der Waals surface area (Å²) in [5.41, 5.74) is 2.88. The molecule has 0 spiro atoms. The zero-order valence-corrected chi connectivity index (χ0v) is 20.1. The number of halogens is 1. The van der Waals surface area contributed by atoms with E-state index in [4.69, 9.17) is 21.1 Å². The van der Waals surface area contributed by atoms with Crippen molar-refractivity contribution in [2.75, 3.05) is 12.4 Å². The Bertz CT molecular complexity index is 1400. The third kappa shape index (κ3) is 5.24. The highest BCUT2D eigenvalue weighted by molar-refractivity contribution is 7.17. The number of benzene rings is 1. The van der Waals surface area contributed by atoms with Crippen LogP contribution in [0.1, 0.15) is 21.5 Å². The Morgan fingerprint density at radius 2 is 1.94 bits per heavy atom. The highest BCUT2D eigenvalue weighted by Crippen LogP contribution is 2.33. The maximum atomic E-state index is 13.1. The summed E-state index contributed by atoms with van der Waals surface area (Å²) >= 11 is 7.16. The summed E-state index contributed by atoms with van der Waals surface area (Å²) in [5, 5.41) is 11.4. The van der Waals surface area contributed by atoms with Gasteiger partial charge >= 0.3 is 0 Å². The third-order valence-electron chi connectivity index (χ3n) is 4.93. The Labute approximate surface area is 204 Å². The number of hydrogen-bond acceptors (Lipinski definition) is 8. The van der Waals surface area contributed by atoms with Crippen molar-refractivity contribution in [3.63, 3.8) is 0 Å². The van der Waals surface area contributed by atoms with Gasteiger partial charge in [0.25, 0.3) is 16.7 Å². The molecule has 0 unspecified atom stereocenters. The van der Waals surface area contributed by atoms with Crippen LogP contribution in [0, 0.1) is 6.92 Å². The summed E-state index contributed by atoms with van der Waals surface area (Å²) in [6, 6.07) is 10.7. The lowest BCUT2D eigenvalue weighted by Gasteiger charge is -2.13. The zero-order valence-electron chi connectivity index (χ0n) is 18.5. The molecule has 1 N–H and O–H groups in total. The van der Waals surface area contributed by atoms with Crippen LogP contribution >= 0.6 is 22.9 Å². The molecule has 34 heavy (non-hydrogen) atoms. The zero-order chi connectivity index (χ0) is 24.2. The van der Waals surface area contributed by atoms with E-state index < -0.39 is 5.91 Å². The molecule has 1 amide bonds. The molecule has 0 aliphatic rings. The number of nitrogens with one attached hydrogen (secondary N) is 1. The first-order valence-electron chi connectivity index (χ1n) is 10.1. The lowest BCUT2D eigenvalue weighted by Crippen LogP contribution is -2.21. The van der Waals surface area contributed by atoms with Gasteiger partial charge in [-0.3, -0.25) is 14.9 Å². The van der Waals surface area contributed by atoms with Crippen LogP contribution in [0.4, 0.5) is 5.13 Å². The Balaban J connectivity index is 1.57. The van der Waals surface area contributed by atoms with E-state index in [0.29, 0.717) is 28.7 Å². The summed E-state index contributed by atoms with van der Waals surface area (Å²) in [5.74, 6) is -0.135. The van der Waals surface area contributed by atoms with E-state index in [2.05, 4.69) is 20.5 Å². The second kappa shape index (κ2) is 10.0. The summed E-state index contributed by atoms with van der Waals surface area (Å²) < 4.78 is 12.4. The highest BCUT2D eigenvalue weighted by Gasteiger charge is 2.20. The van der Waals surface area contributed by atoms with Crippen molar-refractivity contribution in [2.45, 2.75) is 13.5 Å². The molecule has 0 saturated carbocycles. The van der Waals surface area contributed by atoms with Gasteiger partial charge in [0.15, 0.2) is 0 Å². The smallest absolute Gasteiger partial charge is 0.296 e. The molecule has 0 aliphatic heterocycles. The van der Waals surface area contributed by atoms with Crippen molar-refractivity contribution < 1.29 is 14.3 Å². The van der Waals surface area contributed by atoms with E-state index in [9.17, 15) is 9.59 Å². The van der Waals surface area contributed by atoms with Crippen molar-refractivity contribution in [1.82, 2.24) is 19.7 Å². The number of pyridine rings is 2. The molecular weight excluding hydrogens is 478 g/mol. The largest absolute Gasteiger partial charge is 0.494 e. The van der Waals surface area contributed by atoms with Gasteiger partial charge in [0, 0.05) is 30.4 Å². The lowest BCUT2D eigenvalue weighted by molar-refractivity contribution is 0.102. The second-order valence-corrected chi connectivity index (χ2v) is 8.69. The molecule has 3 aromatic heterocycles. The molecule has 3 heterocycles. The molecule has 0 atom stereocenters. The number of nitrogens with zero attached hydrogens (tertiary/aromatic N) is 4.